The molecule has 0 spiro atoms. The molecule has 1 aromatic heterocycles. The molecule has 0 bridgehead atoms. The Hall–Kier alpha value is -2.52. The lowest BCUT2D eigenvalue weighted by Crippen LogP contribution is -2.09. The highest BCUT2D eigenvalue weighted by atomic mass is 35.5. The van der Waals surface area contributed by atoms with Crippen LogP contribution in [-0.4, -0.2) is 15.6 Å². The molecule has 0 aliphatic carbocycles. The molecule has 1 N–H and O–H groups in total. The summed E-state index contributed by atoms with van der Waals surface area (Å²) in [7, 11) is 0. The van der Waals surface area contributed by atoms with Crippen molar-refractivity contribution in [3.05, 3.63) is 63.8 Å². The Kier molecular flexibility index (Phi) is 3.69. The largest absolute Gasteiger partial charge is 0.481 e. The number of allylic oxidation sites excluding steroid dienone is 1. The third-order valence-electron chi connectivity index (χ3n) is 5.02. The van der Waals surface area contributed by atoms with Crippen molar-refractivity contribution in [2.24, 2.45) is 0 Å². The molecule has 0 amide bonds. The van der Waals surface area contributed by atoms with Gasteiger partial charge in [-0.25, -0.2) is 0 Å². The molecule has 4 heteroatoms. The highest BCUT2D eigenvalue weighted by molar-refractivity contribution is 6.30. The van der Waals surface area contributed by atoms with Crippen LogP contribution >= 0.6 is 11.6 Å². The van der Waals surface area contributed by atoms with Crippen LogP contribution in [0.3, 0.4) is 0 Å². The second-order valence-corrected chi connectivity index (χ2v) is 6.97. The number of aliphatic carboxylic acids is 1. The van der Waals surface area contributed by atoms with Crippen molar-refractivity contribution in [2.75, 3.05) is 0 Å². The molecular weight excluding hydrogens is 334 g/mol. The number of halogens is 1. The van der Waals surface area contributed by atoms with Crippen LogP contribution in [0.1, 0.15) is 22.4 Å². The van der Waals surface area contributed by atoms with Gasteiger partial charge in [-0.15, -0.1) is 0 Å². The summed E-state index contributed by atoms with van der Waals surface area (Å²) in [4.78, 5) is 11.5. The molecule has 0 atom stereocenters. The van der Waals surface area contributed by atoms with E-state index in [1.54, 1.807) is 0 Å². The number of rotatable bonds is 3. The first-order chi connectivity index (χ1) is 12.0. The number of carboxylic acid groups (broad SMARTS) is 1. The van der Waals surface area contributed by atoms with Crippen LogP contribution in [0.15, 0.2) is 36.4 Å². The van der Waals surface area contributed by atoms with Crippen molar-refractivity contribution in [1.29, 1.82) is 0 Å². The van der Waals surface area contributed by atoms with Gasteiger partial charge >= 0.3 is 5.97 Å². The third-order valence-corrected chi connectivity index (χ3v) is 5.27. The summed E-state index contributed by atoms with van der Waals surface area (Å²) in [5.74, 6) is -0.819. The van der Waals surface area contributed by atoms with Gasteiger partial charge in [0.15, 0.2) is 0 Å². The highest BCUT2D eigenvalue weighted by Gasteiger charge is 2.23. The van der Waals surface area contributed by atoms with E-state index >= 15 is 0 Å². The van der Waals surface area contributed by atoms with Gasteiger partial charge in [0.05, 0.1) is 11.9 Å². The smallest absolute Gasteiger partial charge is 0.307 e. The second-order valence-electron chi connectivity index (χ2n) is 6.53. The molecule has 25 heavy (non-hydrogen) atoms. The first-order valence-corrected chi connectivity index (χ1v) is 8.64. The molecule has 2 aromatic carbocycles. The summed E-state index contributed by atoms with van der Waals surface area (Å²) in [6.07, 6.45) is 4.26. The lowest BCUT2D eigenvalue weighted by atomic mass is 9.87. The monoisotopic (exact) mass is 351 g/mol. The Morgan fingerprint density at radius 1 is 1.24 bits per heavy atom. The average molecular weight is 352 g/mol. The van der Waals surface area contributed by atoms with Gasteiger partial charge in [-0.1, -0.05) is 35.9 Å². The Balaban J connectivity index is 2.15. The number of carboxylic acids is 1. The number of hydrogen-bond donors (Lipinski definition) is 1. The minimum Gasteiger partial charge on any atom is -0.481 e. The van der Waals surface area contributed by atoms with Crippen molar-refractivity contribution < 1.29 is 9.90 Å². The number of nitrogens with zero attached hydrogens (tertiary/aromatic N) is 1. The van der Waals surface area contributed by atoms with Crippen LogP contribution in [0.25, 0.3) is 28.1 Å². The van der Waals surface area contributed by atoms with Gasteiger partial charge < -0.3 is 9.67 Å². The van der Waals surface area contributed by atoms with Gasteiger partial charge in [0.25, 0.3) is 0 Å². The Morgan fingerprint density at radius 3 is 2.64 bits per heavy atom. The Bertz CT molecular complexity index is 1040. The number of aryl methyl sites for hydroxylation is 1. The standard InChI is InChI=1S/C21H18ClNO2/c1-12-10-18-20(14-5-7-15(22)8-6-14)17(11-19(24)25)13(2)16-4-3-9-23(12)21(16)18/h3-8,10H,9,11H2,1-2H3,(H,24,25). The zero-order chi connectivity index (χ0) is 17.7. The SMILES string of the molecule is Cc1c(CC(=O)O)c(-c2ccc(Cl)cc2)c2cc(C)n3c2c1C=CC3. The van der Waals surface area contributed by atoms with Crippen molar-refractivity contribution in [3.8, 4) is 11.1 Å². The summed E-state index contributed by atoms with van der Waals surface area (Å²) in [5.41, 5.74) is 7.42. The quantitative estimate of drug-likeness (QED) is 0.701. The summed E-state index contributed by atoms with van der Waals surface area (Å²) in [5, 5.41) is 11.3. The molecule has 4 rings (SSSR count). The number of carbonyl (C=O) groups is 1. The molecule has 0 saturated heterocycles. The fourth-order valence-electron chi connectivity index (χ4n) is 3.88. The second kappa shape index (κ2) is 5.78. The van der Waals surface area contributed by atoms with Crippen LogP contribution in [0, 0.1) is 13.8 Å². The molecule has 2 heterocycles. The summed E-state index contributed by atoms with van der Waals surface area (Å²) in [6, 6.07) is 9.81. The van der Waals surface area contributed by atoms with Crippen LogP contribution in [0.5, 0.6) is 0 Å². The normalized spacial score (nSPS) is 12.8. The minimum atomic E-state index is -0.819. The molecule has 0 saturated carbocycles. The van der Waals surface area contributed by atoms with Gasteiger partial charge in [-0.2, -0.15) is 0 Å². The van der Waals surface area contributed by atoms with Crippen LogP contribution < -0.4 is 0 Å². The lowest BCUT2D eigenvalue weighted by Gasteiger charge is -2.20. The van der Waals surface area contributed by atoms with Gasteiger partial charge in [0.1, 0.15) is 0 Å². The van der Waals surface area contributed by atoms with Gasteiger partial charge in [0, 0.05) is 28.2 Å². The van der Waals surface area contributed by atoms with Crippen molar-refractivity contribution in [3.63, 3.8) is 0 Å². The molecule has 0 fully saturated rings. The average Bonchev–Trinajstić information content (AvgIpc) is 2.91. The number of hydrogen-bond acceptors (Lipinski definition) is 1. The molecule has 1 aliphatic heterocycles. The zero-order valence-electron chi connectivity index (χ0n) is 14.1. The van der Waals surface area contributed by atoms with E-state index in [0.29, 0.717) is 5.02 Å². The molecule has 0 unspecified atom stereocenters. The predicted octanol–water partition coefficient (Wildman–Crippen LogP) is 5.23. The third kappa shape index (κ3) is 2.47. The van der Waals surface area contributed by atoms with E-state index in [1.807, 2.05) is 31.2 Å². The number of benzene rings is 2. The summed E-state index contributed by atoms with van der Waals surface area (Å²) in [6.45, 7) is 4.97. The van der Waals surface area contributed by atoms with E-state index in [1.165, 1.54) is 11.2 Å². The first kappa shape index (κ1) is 16.0. The maximum atomic E-state index is 11.5. The van der Waals surface area contributed by atoms with Crippen LogP contribution in [0.2, 0.25) is 5.02 Å². The van der Waals surface area contributed by atoms with E-state index in [2.05, 4.69) is 29.7 Å². The Morgan fingerprint density at radius 2 is 1.96 bits per heavy atom. The van der Waals surface area contributed by atoms with Crippen LogP contribution in [-0.2, 0) is 17.8 Å². The maximum absolute atomic E-state index is 11.5. The maximum Gasteiger partial charge on any atom is 0.307 e. The predicted molar refractivity (Wildman–Crippen MR) is 102 cm³/mol. The first-order valence-electron chi connectivity index (χ1n) is 8.27. The van der Waals surface area contributed by atoms with Crippen molar-refractivity contribution >= 4 is 34.5 Å². The van der Waals surface area contributed by atoms with Gasteiger partial charge in [-0.05, 0) is 54.3 Å². The van der Waals surface area contributed by atoms with E-state index in [-0.39, 0.29) is 6.42 Å². The fourth-order valence-corrected chi connectivity index (χ4v) is 4.01. The summed E-state index contributed by atoms with van der Waals surface area (Å²) >= 11 is 6.05. The van der Waals surface area contributed by atoms with Crippen molar-refractivity contribution in [2.45, 2.75) is 26.8 Å². The lowest BCUT2D eigenvalue weighted by molar-refractivity contribution is -0.136. The fraction of sp³-hybridized carbons (Fsp3) is 0.190. The number of aromatic nitrogens is 1. The van der Waals surface area contributed by atoms with Crippen LogP contribution in [0.4, 0.5) is 0 Å². The van der Waals surface area contributed by atoms with E-state index in [4.69, 9.17) is 11.6 Å². The minimum absolute atomic E-state index is 0.00476. The molecule has 3 aromatic rings. The van der Waals surface area contributed by atoms with Gasteiger partial charge in [-0.3, -0.25) is 4.79 Å². The topological polar surface area (TPSA) is 42.2 Å². The summed E-state index contributed by atoms with van der Waals surface area (Å²) < 4.78 is 2.29. The molecular formula is C21H18ClNO2. The van der Waals surface area contributed by atoms with E-state index in [0.717, 1.165) is 39.7 Å². The molecule has 3 nitrogen and oxygen atoms in total. The molecule has 1 aliphatic rings. The Labute approximate surface area is 151 Å². The van der Waals surface area contributed by atoms with E-state index < -0.39 is 5.97 Å². The van der Waals surface area contributed by atoms with Gasteiger partial charge in [0.2, 0.25) is 0 Å². The molecule has 126 valence electrons. The van der Waals surface area contributed by atoms with E-state index in [9.17, 15) is 9.90 Å². The highest BCUT2D eigenvalue weighted by Crippen LogP contribution is 2.41. The van der Waals surface area contributed by atoms with Crippen molar-refractivity contribution in [1.82, 2.24) is 4.57 Å². The zero-order valence-corrected chi connectivity index (χ0v) is 14.9. The molecule has 0 radical (unpaired) electrons.